The Hall–Kier alpha value is -5.29. The Morgan fingerprint density at radius 2 is 1.12 bits per heavy atom. The van der Waals surface area contributed by atoms with Gasteiger partial charge in [0.25, 0.3) is 0 Å². The fraction of sp³-hybridized carbons (Fsp3) is 0.108. The molecule has 0 saturated carbocycles. The van der Waals surface area contributed by atoms with Gasteiger partial charge < -0.3 is 9.40 Å². The highest BCUT2D eigenvalue weighted by Crippen LogP contribution is 2.33. The average Bonchev–Trinajstić information content (AvgIpc) is 3.33. The van der Waals surface area contributed by atoms with Gasteiger partial charge in [-0.2, -0.15) is 0 Å². The van der Waals surface area contributed by atoms with Gasteiger partial charge in [-0.25, -0.2) is 4.79 Å². The highest BCUT2D eigenvalue weighted by molar-refractivity contribution is 6.17. The van der Waals surface area contributed by atoms with Crippen LogP contribution >= 0.6 is 0 Å². The summed E-state index contributed by atoms with van der Waals surface area (Å²) in [4.78, 5) is 29.9. The van der Waals surface area contributed by atoms with E-state index in [0.717, 1.165) is 50.1 Å². The Kier molecular flexibility index (Phi) is 6.09. The molecule has 7 aromatic rings. The van der Waals surface area contributed by atoms with E-state index in [4.69, 9.17) is 4.84 Å². The summed E-state index contributed by atoms with van der Waals surface area (Å²) >= 11 is 0. The molecule has 1 heterocycles. The molecule has 0 aliphatic heterocycles. The molecule has 7 rings (SSSR count). The second-order valence-electron chi connectivity index (χ2n) is 10.8. The Labute approximate surface area is 242 Å². The molecule has 0 aliphatic carbocycles. The van der Waals surface area contributed by atoms with Crippen LogP contribution in [0.1, 0.15) is 42.3 Å². The van der Waals surface area contributed by atoms with Gasteiger partial charge in [0.1, 0.15) is 0 Å². The van der Waals surface area contributed by atoms with E-state index in [1.807, 2.05) is 55.5 Å². The van der Waals surface area contributed by atoms with Gasteiger partial charge in [0, 0.05) is 46.4 Å². The van der Waals surface area contributed by atoms with Crippen LogP contribution in [0.2, 0.25) is 0 Å². The Balaban J connectivity index is 1.31. The molecular weight excluding hydrogens is 520 g/mol. The van der Waals surface area contributed by atoms with E-state index in [-0.39, 0.29) is 5.78 Å². The summed E-state index contributed by atoms with van der Waals surface area (Å²) in [7, 11) is 0. The lowest BCUT2D eigenvalue weighted by atomic mass is 9.96. The van der Waals surface area contributed by atoms with Crippen LogP contribution in [0.4, 0.5) is 0 Å². The van der Waals surface area contributed by atoms with Gasteiger partial charge >= 0.3 is 5.97 Å². The average molecular weight is 549 g/mol. The third kappa shape index (κ3) is 4.31. The molecule has 0 amide bonds. The van der Waals surface area contributed by atoms with Crippen molar-refractivity contribution in [2.24, 2.45) is 5.16 Å². The summed E-state index contributed by atoms with van der Waals surface area (Å²) in [5, 5.41) is 12.9. The topological polar surface area (TPSA) is 60.7 Å². The van der Waals surface area contributed by atoms with E-state index < -0.39 is 5.97 Å². The molecule has 0 fully saturated rings. The molecule has 0 aliphatic rings. The Bertz CT molecular complexity index is 2270. The van der Waals surface area contributed by atoms with Crippen LogP contribution in [0.15, 0.2) is 108 Å². The van der Waals surface area contributed by atoms with Gasteiger partial charge in [-0.05, 0) is 112 Å². The van der Waals surface area contributed by atoms with E-state index >= 15 is 0 Å². The summed E-state index contributed by atoms with van der Waals surface area (Å²) in [6.45, 7) is 6.04. The molecule has 0 saturated heterocycles. The first-order valence-electron chi connectivity index (χ1n) is 14.1. The number of rotatable bonds is 5. The molecule has 0 spiro atoms. The number of carbonyl (C=O) groups is 2. The summed E-state index contributed by atoms with van der Waals surface area (Å²) in [6.07, 6.45) is 0. The molecule has 0 atom stereocenters. The fourth-order valence-corrected chi connectivity index (χ4v) is 6.00. The van der Waals surface area contributed by atoms with Crippen molar-refractivity contribution < 1.29 is 14.4 Å². The lowest BCUT2D eigenvalue weighted by Crippen LogP contribution is -2.01. The molecule has 6 aromatic carbocycles. The van der Waals surface area contributed by atoms with Crippen LogP contribution in [-0.4, -0.2) is 22.0 Å². The van der Waals surface area contributed by atoms with Crippen molar-refractivity contribution in [2.45, 2.75) is 27.3 Å². The van der Waals surface area contributed by atoms with Crippen LogP contribution in [0.25, 0.3) is 54.1 Å². The van der Waals surface area contributed by atoms with E-state index in [1.54, 1.807) is 0 Å². The second-order valence-corrected chi connectivity index (χ2v) is 10.8. The highest BCUT2D eigenvalue weighted by atomic mass is 16.7. The minimum Gasteiger partial charge on any atom is -0.341 e. The number of aryl methyl sites for hydroxylation is 1. The molecule has 0 unspecified atom stereocenters. The van der Waals surface area contributed by atoms with Crippen LogP contribution in [0, 0.1) is 0 Å². The number of benzene rings is 6. The summed E-state index contributed by atoms with van der Waals surface area (Å²) in [5.41, 5.74) is 4.89. The van der Waals surface area contributed by atoms with E-state index in [2.05, 4.69) is 71.2 Å². The maximum Gasteiger partial charge on any atom is 0.331 e. The number of ketones is 1. The molecule has 42 heavy (non-hydrogen) atoms. The number of aromatic nitrogens is 1. The minimum absolute atomic E-state index is 0.0152. The van der Waals surface area contributed by atoms with Gasteiger partial charge in [0.15, 0.2) is 5.78 Å². The van der Waals surface area contributed by atoms with Gasteiger partial charge in [0.2, 0.25) is 0 Å². The lowest BCUT2D eigenvalue weighted by Gasteiger charge is -2.08. The third-order valence-corrected chi connectivity index (χ3v) is 8.09. The van der Waals surface area contributed by atoms with Crippen LogP contribution < -0.4 is 0 Å². The van der Waals surface area contributed by atoms with Crippen molar-refractivity contribution in [3.05, 3.63) is 120 Å². The maximum atomic E-state index is 13.8. The van der Waals surface area contributed by atoms with E-state index in [1.165, 1.54) is 23.1 Å². The largest absolute Gasteiger partial charge is 0.341 e. The number of fused-ring (bicyclic) bond motifs is 6. The first-order chi connectivity index (χ1) is 20.4. The zero-order valence-corrected chi connectivity index (χ0v) is 23.6. The standard InChI is InChI=1S/C37H28N2O3/c1-4-39-35-13-11-24(22(2)38-42-23(3)40)20-33(35)34-21-29(12-14-36(34)39)37(41)28-10-9-27-17-31-15-25-7-5-6-8-26(25)16-32(31)19-30(27)18-28/h5-21H,4H2,1-3H3/b38-22+. The van der Waals surface area contributed by atoms with Gasteiger partial charge in [0.05, 0.1) is 5.71 Å². The highest BCUT2D eigenvalue weighted by Gasteiger charge is 2.16. The van der Waals surface area contributed by atoms with Crippen LogP contribution in [-0.2, 0) is 16.2 Å². The normalized spacial score (nSPS) is 12.1. The van der Waals surface area contributed by atoms with Crippen molar-refractivity contribution in [1.29, 1.82) is 0 Å². The molecular formula is C37H28N2O3. The zero-order valence-electron chi connectivity index (χ0n) is 23.6. The predicted octanol–water partition coefficient (Wildman–Crippen LogP) is 8.79. The van der Waals surface area contributed by atoms with Gasteiger partial charge in [-0.1, -0.05) is 47.6 Å². The number of carbonyl (C=O) groups excluding carboxylic acids is 2. The van der Waals surface area contributed by atoms with E-state index in [9.17, 15) is 9.59 Å². The van der Waals surface area contributed by atoms with Crippen molar-refractivity contribution in [1.82, 2.24) is 4.57 Å². The van der Waals surface area contributed by atoms with Crippen molar-refractivity contribution in [3.8, 4) is 0 Å². The van der Waals surface area contributed by atoms with Crippen LogP contribution in [0.3, 0.4) is 0 Å². The van der Waals surface area contributed by atoms with E-state index in [0.29, 0.717) is 16.8 Å². The first kappa shape index (κ1) is 25.7. The number of nitrogens with zero attached hydrogens (tertiary/aromatic N) is 2. The Morgan fingerprint density at radius 1 is 0.619 bits per heavy atom. The molecule has 5 nitrogen and oxygen atoms in total. The number of hydrogen-bond acceptors (Lipinski definition) is 4. The summed E-state index contributed by atoms with van der Waals surface area (Å²) in [6, 6.07) is 35.2. The predicted molar refractivity (Wildman–Crippen MR) is 171 cm³/mol. The summed E-state index contributed by atoms with van der Waals surface area (Å²) < 4.78 is 2.24. The van der Waals surface area contributed by atoms with Gasteiger partial charge in [-0.15, -0.1) is 0 Å². The zero-order chi connectivity index (χ0) is 29.0. The lowest BCUT2D eigenvalue weighted by molar-refractivity contribution is -0.140. The number of oxime groups is 1. The second kappa shape index (κ2) is 9.96. The third-order valence-electron chi connectivity index (χ3n) is 8.09. The maximum absolute atomic E-state index is 13.8. The van der Waals surface area contributed by atoms with Crippen LogP contribution in [0.5, 0.6) is 0 Å². The quantitative estimate of drug-likeness (QED) is 0.0710. The fourth-order valence-electron chi connectivity index (χ4n) is 6.00. The molecule has 204 valence electrons. The monoisotopic (exact) mass is 548 g/mol. The molecule has 1 aromatic heterocycles. The summed E-state index contributed by atoms with van der Waals surface area (Å²) in [5.74, 6) is -0.477. The van der Waals surface area contributed by atoms with Gasteiger partial charge in [-0.3, -0.25) is 4.79 Å². The molecule has 0 radical (unpaired) electrons. The SMILES string of the molecule is CCn1c2ccc(C(=O)c3ccc4cc5cc6ccccc6cc5cc4c3)cc2c2cc(/C(C)=N/OC(C)=O)ccc21. The minimum atomic E-state index is -0.462. The smallest absolute Gasteiger partial charge is 0.331 e. The molecule has 5 heteroatoms. The molecule has 0 bridgehead atoms. The van der Waals surface area contributed by atoms with Crippen molar-refractivity contribution in [3.63, 3.8) is 0 Å². The first-order valence-corrected chi connectivity index (χ1v) is 14.1. The molecule has 0 N–H and O–H groups in total. The van der Waals surface area contributed by atoms with Crippen molar-refractivity contribution in [2.75, 3.05) is 0 Å². The van der Waals surface area contributed by atoms with Crippen molar-refractivity contribution >= 4 is 71.6 Å². The number of hydrogen-bond donors (Lipinski definition) is 0. The Morgan fingerprint density at radius 3 is 1.74 bits per heavy atom.